The van der Waals surface area contributed by atoms with Crippen LogP contribution in [0.3, 0.4) is 0 Å². The molecule has 0 aliphatic carbocycles. The van der Waals surface area contributed by atoms with E-state index in [1.54, 1.807) is 47.5 Å². The van der Waals surface area contributed by atoms with Crippen LogP contribution < -0.4 is 10.1 Å². The summed E-state index contributed by atoms with van der Waals surface area (Å²) in [4.78, 5) is 12.5. The van der Waals surface area contributed by atoms with Gasteiger partial charge in [-0.05, 0) is 30.7 Å². The predicted octanol–water partition coefficient (Wildman–Crippen LogP) is 5.03. The Morgan fingerprint density at radius 3 is 2.71 bits per heavy atom. The molecule has 0 aliphatic heterocycles. The van der Waals surface area contributed by atoms with Gasteiger partial charge in [-0.15, -0.1) is 0 Å². The Labute approximate surface area is 189 Å². The maximum absolute atomic E-state index is 12.5. The average molecular weight is 456 g/mol. The minimum atomic E-state index is -0.338. The Morgan fingerprint density at radius 2 is 1.90 bits per heavy atom. The summed E-state index contributed by atoms with van der Waals surface area (Å²) in [6, 6.07) is 15.0. The lowest BCUT2D eigenvalue weighted by atomic mass is 10.1. The lowest BCUT2D eigenvalue weighted by molar-refractivity contribution is 0.102. The Kier molecular flexibility index (Phi) is 6.25. The minimum Gasteiger partial charge on any atom is -0.470 e. The molecule has 0 unspecified atom stereocenters. The van der Waals surface area contributed by atoms with Crippen molar-refractivity contribution in [3.05, 3.63) is 94.0 Å². The average Bonchev–Trinajstić information content (AvgIpc) is 3.40. The number of rotatable bonds is 7. The molecule has 0 radical (unpaired) electrons. The molecule has 9 heteroatoms. The molecule has 0 saturated carbocycles. The van der Waals surface area contributed by atoms with Crippen LogP contribution in [0.4, 0.5) is 5.69 Å². The highest BCUT2D eigenvalue weighted by Crippen LogP contribution is 2.31. The Balaban J connectivity index is 1.34. The third-order valence-corrected chi connectivity index (χ3v) is 5.30. The van der Waals surface area contributed by atoms with Gasteiger partial charge in [0.05, 0.1) is 23.5 Å². The van der Waals surface area contributed by atoms with E-state index in [1.165, 1.54) is 10.2 Å². The number of hydrogen-bond acceptors (Lipinski definition) is 4. The molecule has 4 rings (SSSR count). The third-order valence-electron chi connectivity index (χ3n) is 4.50. The van der Waals surface area contributed by atoms with Crippen LogP contribution in [0.25, 0.3) is 0 Å². The normalized spacial score (nSPS) is 10.8. The summed E-state index contributed by atoms with van der Waals surface area (Å²) in [5.74, 6) is 0.103. The molecule has 7 nitrogen and oxygen atoms in total. The number of halogens is 2. The number of aromatic nitrogens is 4. The van der Waals surface area contributed by atoms with Crippen molar-refractivity contribution in [3.8, 4) is 5.75 Å². The number of nitrogens with zero attached hydrogens (tertiary/aromatic N) is 4. The Hall–Kier alpha value is -3.29. The number of carbonyl (C=O) groups excluding carboxylic acids is 1. The van der Waals surface area contributed by atoms with Crippen molar-refractivity contribution >= 4 is 34.8 Å². The molecular formula is C22H19Cl2N5O2. The summed E-state index contributed by atoms with van der Waals surface area (Å²) in [6.45, 7) is 2.75. The molecule has 158 valence electrons. The second kappa shape index (κ2) is 9.24. The number of hydrogen-bond donors (Lipinski definition) is 1. The number of aryl methyl sites for hydroxylation is 1. The highest BCUT2D eigenvalue weighted by atomic mass is 35.5. The van der Waals surface area contributed by atoms with Crippen molar-refractivity contribution in [3.63, 3.8) is 0 Å². The molecule has 1 N–H and O–H groups in total. The molecule has 0 bridgehead atoms. The summed E-state index contributed by atoms with van der Waals surface area (Å²) in [7, 11) is 0. The van der Waals surface area contributed by atoms with Gasteiger partial charge in [-0.2, -0.15) is 10.2 Å². The van der Waals surface area contributed by atoms with Gasteiger partial charge in [0.2, 0.25) is 0 Å². The lowest BCUT2D eigenvalue weighted by Crippen LogP contribution is -2.14. The molecule has 1 amide bonds. The fourth-order valence-corrected chi connectivity index (χ4v) is 3.22. The van der Waals surface area contributed by atoms with E-state index >= 15 is 0 Å². The van der Waals surface area contributed by atoms with Gasteiger partial charge < -0.3 is 10.1 Å². The molecule has 2 aromatic heterocycles. The van der Waals surface area contributed by atoms with E-state index < -0.39 is 0 Å². The van der Waals surface area contributed by atoms with Crippen LogP contribution in [-0.4, -0.2) is 25.5 Å². The molecule has 0 spiro atoms. The lowest BCUT2D eigenvalue weighted by Gasteiger charge is -2.08. The first-order chi connectivity index (χ1) is 15.0. The number of nitrogens with one attached hydrogen (secondary N) is 1. The van der Waals surface area contributed by atoms with Crippen molar-refractivity contribution in [2.45, 2.75) is 20.2 Å². The third kappa shape index (κ3) is 5.25. The van der Waals surface area contributed by atoms with E-state index in [4.69, 9.17) is 27.9 Å². The smallest absolute Gasteiger partial charge is 0.276 e. The van der Waals surface area contributed by atoms with Gasteiger partial charge in [-0.25, -0.2) is 4.68 Å². The van der Waals surface area contributed by atoms with Gasteiger partial charge in [-0.3, -0.25) is 9.48 Å². The van der Waals surface area contributed by atoms with Crippen LogP contribution in [0, 0.1) is 6.92 Å². The van der Waals surface area contributed by atoms with Crippen LogP contribution in [-0.2, 0) is 13.3 Å². The van der Waals surface area contributed by atoms with Crippen LogP contribution in [0.1, 0.15) is 21.6 Å². The number of anilines is 1. The number of benzene rings is 2. The zero-order valence-electron chi connectivity index (χ0n) is 16.6. The first kappa shape index (κ1) is 21.0. The van der Waals surface area contributed by atoms with Crippen LogP contribution in [0.2, 0.25) is 10.0 Å². The molecule has 0 saturated heterocycles. The number of ether oxygens (including phenoxy) is 1. The largest absolute Gasteiger partial charge is 0.470 e. The van der Waals surface area contributed by atoms with Crippen LogP contribution >= 0.6 is 23.2 Å². The van der Waals surface area contributed by atoms with E-state index in [2.05, 4.69) is 39.8 Å². The van der Waals surface area contributed by atoms with Gasteiger partial charge in [-0.1, -0.05) is 59.1 Å². The van der Waals surface area contributed by atoms with Crippen LogP contribution in [0.5, 0.6) is 5.75 Å². The number of amides is 1. The second-order valence-electron chi connectivity index (χ2n) is 6.93. The van der Waals surface area contributed by atoms with Crippen molar-refractivity contribution in [1.82, 2.24) is 19.6 Å². The zero-order chi connectivity index (χ0) is 21.8. The molecule has 2 aromatic carbocycles. The summed E-state index contributed by atoms with van der Waals surface area (Å²) in [5.41, 5.74) is 3.18. The van der Waals surface area contributed by atoms with E-state index in [1.807, 2.05) is 6.92 Å². The molecule has 0 atom stereocenters. The fraction of sp³-hybridized carbons (Fsp3) is 0.136. The summed E-state index contributed by atoms with van der Waals surface area (Å²) >= 11 is 12.1. The second-order valence-corrected chi connectivity index (χ2v) is 7.72. The van der Waals surface area contributed by atoms with Crippen molar-refractivity contribution < 1.29 is 9.53 Å². The van der Waals surface area contributed by atoms with Gasteiger partial charge in [0, 0.05) is 12.4 Å². The van der Waals surface area contributed by atoms with Gasteiger partial charge in [0.1, 0.15) is 10.8 Å². The first-order valence-corrected chi connectivity index (χ1v) is 10.2. The van der Waals surface area contributed by atoms with Gasteiger partial charge >= 0.3 is 0 Å². The highest BCUT2D eigenvalue weighted by molar-refractivity contribution is 6.42. The maximum Gasteiger partial charge on any atom is 0.276 e. The first-order valence-electron chi connectivity index (χ1n) is 9.47. The van der Waals surface area contributed by atoms with E-state index in [-0.39, 0.29) is 18.3 Å². The zero-order valence-corrected chi connectivity index (χ0v) is 18.1. The van der Waals surface area contributed by atoms with Crippen molar-refractivity contribution in [2.24, 2.45) is 0 Å². The molecule has 0 aliphatic rings. The van der Waals surface area contributed by atoms with Gasteiger partial charge in [0.15, 0.2) is 12.4 Å². The SMILES string of the molecule is Cc1ccc(Cn2cc(NC(=O)c3ccn(COc4cccc(Cl)c4Cl)n3)cn2)cc1. The van der Waals surface area contributed by atoms with Crippen molar-refractivity contribution in [1.29, 1.82) is 0 Å². The summed E-state index contributed by atoms with van der Waals surface area (Å²) in [5, 5.41) is 12.1. The quantitative estimate of drug-likeness (QED) is 0.423. The number of carbonyl (C=O) groups is 1. The topological polar surface area (TPSA) is 74.0 Å². The highest BCUT2D eigenvalue weighted by Gasteiger charge is 2.12. The molecular weight excluding hydrogens is 437 g/mol. The minimum absolute atomic E-state index is 0.0851. The Bertz CT molecular complexity index is 1200. The molecule has 2 heterocycles. The van der Waals surface area contributed by atoms with Crippen molar-refractivity contribution in [2.75, 3.05) is 5.32 Å². The maximum atomic E-state index is 12.5. The standard InChI is InChI=1S/C22H19Cl2N5O2/c1-15-5-7-16(8-6-15)12-29-13-17(11-25-29)26-22(30)19-9-10-28(27-19)14-31-20-4-2-3-18(23)21(20)24/h2-11,13H,12,14H2,1H3,(H,26,30). The summed E-state index contributed by atoms with van der Waals surface area (Å²) < 4.78 is 8.88. The Morgan fingerprint density at radius 1 is 1.10 bits per heavy atom. The van der Waals surface area contributed by atoms with E-state index in [9.17, 15) is 4.79 Å². The summed E-state index contributed by atoms with van der Waals surface area (Å²) in [6.07, 6.45) is 5.03. The van der Waals surface area contributed by atoms with Crippen LogP contribution in [0.15, 0.2) is 67.1 Å². The van der Waals surface area contributed by atoms with E-state index in [0.29, 0.717) is 28.0 Å². The molecule has 31 heavy (non-hydrogen) atoms. The monoisotopic (exact) mass is 455 g/mol. The molecule has 4 aromatic rings. The fourth-order valence-electron chi connectivity index (χ4n) is 2.88. The van der Waals surface area contributed by atoms with Gasteiger partial charge in [0.25, 0.3) is 5.91 Å². The van der Waals surface area contributed by atoms with E-state index in [0.717, 1.165) is 5.56 Å². The predicted molar refractivity (Wildman–Crippen MR) is 120 cm³/mol. The molecule has 0 fully saturated rings.